The van der Waals surface area contributed by atoms with Crippen LogP contribution in [0.3, 0.4) is 0 Å². The highest BCUT2D eigenvalue weighted by Gasteiger charge is 2.20. The molecule has 24 heavy (non-hydrogen) atoms. The van der Waals surface area contributed by atoms with Crippen LogP contribution in [0.5, 0.6) is 5.75 Å². The minimum atomic E-state index is -0.0810. The highest BCUT2D eigenvalue weighted by atomic mass is 16.5. The van der Waals surface area contributed by atoms with Gasteiger partial charge in [0.15, 0.2) is 0 Å². The molecule has 1 saturated heterocycles. The number of aryl methyl sites for hydroxylation is 1. The number of rotatable bonds is 5. The molecule has 0 saturated carbocycles. The lowest BCUT2D eigenvalue weighted by atomic mass is 10.1. The van der Waals surface area contributed by atoms with Gasteiger partial charge in [0, 0.05) is 33.0 Å². The number of hydrogen-bond acceptors (Lipinski definition) is 3. The molecule has 2 rings (SSSR count). The van der Waals surface area contributed by atoms with E-state index in [1.807, 2.05) is 30.0 Å². The fourth-order valence-electron chi connectivity index (χ4n) is 3.14. The lowest BCUT2D eigenvalue weighted by Crippen LogP contribution is -2.37. The van der Waals surface area contributed by atoms with Gasteiger partial charge in [0.2, 0.25) is 11.8 Å². The van der Waals surface area contributed by atoms with Crippen LogP contribution in [-0.4, -0.2) is 43.5 Å². The number of likely N-dealkylation sites (tertiary alicyclic amines) is 1. The van der Waals surface area contributed by atoms with Crippen LogP contribution in [0, 0.1) is 6.92 Å². The van der Waals surface area contributed by atoms with Crippen LogP contribution in [0.25, 0.3) is 0 Å². The molecule has 0 spiro atoms. The summed E-state index contributed by atoms with van der Waals surface area (Å²) in [7, 11) is 1.59. The van der Waals surface area contributed by atoms with Crippen LogP contribution in [-0.2, 0) is 9.59 Å². The molecule has 0 radical (unpaired) electrons. The molecule has 1 aliphatic rings. The van der Waals surface area contributed by atoms with Crippen molar-refractivity contribution in [3.8, 4) is 5.75 Å². The molecule has 1 heterocycles. The van der Waals surface area contributed by atoms with Crippen LogP contribution in [0.15, 0.2) is 18.2 Å². The predicted molar refractivity (Wildman–Crippen MR) is 95.4 cm³/mol. The van der Waals surface area contributed by atoms with Gasteiger partial charge in [0.1, 0.15) is 5.75 Å². The highest BCUT2D eigenvalue weighted by molar-refractivity contribution is 5.94. The average molecular weight is 332 g/mol. The third-order valence-electron chi connectivity index (χ3n) is 4.51. The monoisotopic (exact) mass is 332 g/mol. The summed E-state index contributed by atoms with van der Waals surface area (Å²) in [6, 6.07) is 5.73. The van der Waals surface area contributed by atoms with Crippen molar-refractivity contribution in [2.45, 2.75) is 46.0 Å². The number of carbonyl (C=O) groups is 2. The Hall–Kier alpha value is -2.04. The maximum atomic E-state index is 12.5. The smallest absolute Gasteiger partial charge is 0.224 e. The maximum Gasteiger partial charge on any atom is 0.224 e. The van der Waals surface area contributed by atoms with Gasteiger partial charge in [-0.05, 0) is 37.5 Å². The Balaban J connectivity index is 2.07. The second-order valence-corrected chi connectivity index (χ2v) is 6.39. The van der Waals surface area contributed by atoms with Gasteiger partial charge in [0.25, 0.3) is 0 Å². The molecule has 5 heteroatoms. The Kier molecular flexibility index (Phi) is 6.64. The molecule has 0 aliphatic carbocycles. The number of ether oxygens (including phenoxy) is 1. The van der Waals surface area contributed by atoms with Gasteiger partial charge in [0.05, 0.1) is 12.8 Å². The van der Waals surface area contributed by atoms with Crippen LogP contribution < -0.4 is 9.64 Å². The summed E-state index contributed by atoms with van der Waals surface area (Å²) in [6.45, 7) is 5.56. The van der Waals surface area contributed by atoms with Crippen LogP contribution in [0.4, 0.5) is 5.69 Å². The summed E-state index contributed by atoms with van der Waals surface area (Å²) < 4.78 is 5.38. The minimum absolute atomic E-state index is 0.0810. The first-order valence-electron chi connectivity index (χ1n) is 8.73. The van der Waals surface area contributed by atoms with E-state index in [2.05, 4.69) is 0 Å². The Morgan fingerprint density at radius 1 is 1.17 bits per heavy atom. The van der Waals surface area contributed by atoms with E-state index >= 15 is 0 Å². The summed E-state index contributed by atoms with van der Waals surface area (Å²) in [5.74, 6) is 0.704. The van der Waals surface area contributed by atoms with Crippen LogP contribution in [0.2, 0.25) is 0 Å². The molecule has 0 unspecified atom stereocenters. The lowest BCUT2D eigenvalue weighted by molar-refractivity contribution is -0.131. The first kappa shape index (κ1) is 18.3. The minimum Gasteiger partial charge on any atom is -0.495 e. The molecular formula is C19H28N2O3. The molecule has 132 valence electrons. The zero-order chi connectivity index (χ0) is 17.5. The molecular weight excluding hydrogens is 304 g/mol. The lowest BCUT2D eigenvalue weighted by Gasteiger charge is -2.26. The summed E-state index contributed by atoms with van der Waals surface area (Å²) >= 11 is 0. The second kappa shape index (κ2) is 8.71. The zero-order valence-corrected chi connectivity index (χ0v) is 15.0. The molecule has 0 bridgehead atoms. The van der Waals surface area contributed by atoms with E-state index in [0.717, 1.165) is 37.2 Å². The van der Waals surface area contributed by atoms with E-state index in [9.17, 15) is 9.59 Å². The fourth-order valence-corrected chi connectivity index (χ4v) is 3.14. The molecule has 2 amide bonds. The van der Waals surface area contributed by atoms with E-state index in [4.69, 9.17) is 4.74 Å². The van der Waals surface area contributed by atoms with Crippen molar-refractivity contribution in [2.24, 2.45) is 0 Å². The molecule has 0 atom stereocenters. The van der Waals surface area contributed by atoms with E-state index in [-0.39, 0.29) is 11.8 Å². The van der Waals surface area contributed by atoms with E-state index < -0.39 is 0 Å². The molecule has 1 aromatic carbocycles. The van der Waals surface area contributed by atoms with E-state index in [1.54, 1.807) is 12.0 Å². The number of hydrogen-bond donors (Lipinski definition) is 0. The van der Waals surface area contributed by atoms with Gasteiger partial charge < -0.3 is 14.5 Å². The highest BCUT2D eigenvalue weighted by Crippen LogP contribution is 2.29. The van der Waals surface area contributed by atoms with Crippen molar-refractivity contribution in [1.82, 2.24) is 4.90 Å². The number of amides is 2. The first-order valence-corrected chi connectivity index (χ1v) is 8.73. The van der Waals surface area contributed by atoms with Gasteiger partial charge in [-0.3, -0.25) is 9.59 Å². The molecule has 0 N–H and O–H groups in total. The number of nitrogens with zero attached hydrogens (tertiary/aromatic N) is 2. The normalized spacial score (nSPS) is 14.9. The molecule has 1 aromatic rings. The van der Waals surface area contributed by atoms with Gasteiger partial charge in [-0.1, -0.05) is 18.9 Å². The van der Waals surface area contributed by atoms with Crippen LogP contribution in [0.1, 0.15) is 44.6 Å². The number of anilines is 1. The fraction of sp³-hybridized carbons (Fsp3) is 0.579. The standard InChI is InChI=1S/C19H28N2O3/c1-15-8-9-18(24-3)17(14-15)21(16(2)22)13-10-19(23)20-11-6-4-5-7-12-20/h8-9,14H,4-7,10-13H2,1-3H3. The maximum absolute atomic E-state index is 12.5. The Morgan fingerprint density at radius 3 is 2.42 bits per heavy atom. The van der Waals surface area contributed by atoms with Crippen molar-refractivity contribution in [2.75, 3.05) is 31.6 Å². The van der Waals surface area contributed by atoms with Crippen molar-refractivity contribution in [3.05, 3.63) is 23.8 Å². The third kappa shape index (κ3) is 4.73. The van der Waals surface area contributed by atoms with Gasteiger partial charge in [-0.25, -0.2) is 0 Å². The molecule has 5 nitrogen and oxygen atoms in total. The Bertz CT molecular complexity index is 578. The number of benzene rings is 1. The second-order valence-electron chi connectivity index (χ2n) is 6.39. The van der Waals surface area contributed by atoms with Gasteiger partial charge >= 0.3 is 0 Å². The predicted octanol–water partition coefficient (Wildman–Crippen LogP) is 3.15. The van der Waals surface area contributed by atoms with Gasteiger partial charge in [-0.2, -0.15) is 0 Å². The van der Waals surface area contributed by atoms with Crippen molar-refractivity contribution < 1.29 is 14.3 Å². The number of carbonyl (C=O) groups excluding carboxylic acids is 2. The average Bonchev–Trinajstić information content (AvgIpc) is 2.84. The van der Waals surface area contributed by atoms with Crippen LogP contribution >= 0.6 is 0 Å². The first-order chi connectivity index (χ1) is 11.5. The zero-order valence-electron chi connectivity index (χ0n) is 15.0. The van der Waals surface area contributed by atoms with Crippen molar-refractivity contribution in [3.63, 3.8) is 0 Å². The van der Waals surface area contributed by atoms with Crippen molar-refractivity contribution in [1.29, 1.82) is 0 Å². The molecule has 1 fully saturated rings. The Labute approximate surface area is 144 Å². The topological polar surface area (TPSA) is 49.9 Å². The van der Waals surface area contributed by atoms with E-state index in [1.165, 1.54) is 19.8 Å². The van der Waals surface area contributed by atoms with Gasteiger partial charge in [-0.15, -0.1) is 0 Å². The third-order valence-corrected chi connectivity index (χ3v) is 4.51. The summed E-state index contributed by atoms with van der Waals surface area (Å²) in [5.41, 5.74) is 1.78. The summed E-state index contributed by atoms with van der Waals surface area (Å²) in [5, 5.41) is 0. The number of methoxy groups -OCH3 is 1. The quantitative estimate of drug-likeness (QED) is 0.832. The SMILES string of the molecule is COc1ccc(C)cc1N(CCC(=O)N1CCCCCC1)C(C)=O. The Morgan fingerprint density at radius 2 is 1.83 bits per heavy atom. The van der Waals surface area contributed by atoms with Crippen molar-refractivity contribution >= 4 is 17.5 Å². The summed E-state index contributed by atoms with van der Waals surface area (Å²) in [6.07, 6.45) is 4.89. The van der Waals surface area contributed by atoms with E-state index in [0.29, 0.717) is 18.7 Å². The summed E-state index contributed by atoms with van der Waals surface area (Å²) in [4.78, 5) is 28.2. The molecule has 0 aromatic heterocycles. The largest absolute Gasteiger partial charge is 0.495 e. The molecule has 1 aliphatic heterocycles.